The Labute approximate surface area is 177 Å². The summed E-state index contributed by atoms with van der Waals surface area (Å²) in [6.07, 6.45) is 7.72. The van der Waals surface area contributed by atoms with Crippen molar-refractivity contribution in [1.29, 1.82) is 0 Å². The molecule has 2 aromatic rings. The lowest BCUT2D eigenvalue weighted by molar-refractivity contribution is 0.0948. The zero-order valence-corrected chi connectivity index (χ0v) is 18.1. The molecule has 1 aliphatic carbocycles. The average molecular weight is 426 g/mol. The van der Waals surface area contributed by atoms with E-state index in [9.17, 15) is 4.79 Å². The van der Waals surface area contributed by atoms with Gasteiger partial charge in [-0.15, -0.1) is 12.4 Å². The van der Waals surface area contributed by atoms with Crippen molar-refractivity contribution in [2.24, 2.45) is 0 Å². The van der Waals surface area contributed by atoms with Crippen LogP contribution in [0.5, 0.6) is 0 Å². The van der Waals surface area contributed by atoms with Gasteiger partial charge in [-0.3, -0.25) is 4.79 Å². The standard InChI is InChI=1S/C20H28ClN5O.ClH/c1-14-13-15(2)26(25-14)18-10-9-17(21)19(24-18)20(27)23-12-11-22-16-7-5-3-4-6-8-16;/h9-10,13,16,22H,3-8,11-12H2,1-2H3,(H,23,27);1H. The molecule has 8 heteroatoms. The third-order valence-corrected chi connectivity index (χ3v) is 5.28. The molecular weight excluding hydrogens is 397 g/mol. The fourth-order valence-electron chi connectivity index (χ4n) is 3.59. The lowest BCUT2D eigenvalue weighted by atomic mass is 10.1. The van der Waals surface area contributed by atoms with Crippen molar-refractivity contribution in [3.05, 3.63) is 40.3 Å². The molecule has 0 atom stereocenters. The van der Waals surface area contributed by atoms with Crippen LogP contribution >= 0.6 is 24.0 Å². The van der Waals surface area contributed by atoms with E-state index in [0.29, 0.717) is 23.4 Å². The second kappa shape index (κ2) is 10.8. The van der Waals surface area contributed by atoms with Crippen LogP contribution in [-0.2, 0) is 0 Å². The van der Waals surface area contributed by atoms with Gasteiger partial charge in [0.1, 0.15) is 5.69 Å². The van der Waals surface area contributed by atoms with Crippen molar-refractivity contribution in [2.75, 3.05) is 13.1 Å². The number of nitrogens with one attached hydrogen (secondary N) is 2. The Kier molecular flexibility index (Phi) is 8.73. The van der Waals surface area contributed by atoms with Crippen LogP contribution in [-0.4, -0.2) is 39.8 Å². The Balaban J connectivity index is 0.00000280. The number of carbonyl (C=O) groups excluding carboxylic acids is 1. The van der Waals surface area contributed by atoms with Gasteiger partial charge in [0, 0.05) is 24.8 Å². The van der Waals surface area contributed by atoms with Gasteiger partial charge >= 0.3 is 0 Å². The molecule has 1 amide bonds. The maximum atomic E-state index is 12.5. The van der Waals surface area contributed by atoms with Crippen molar-refractivity contribution in [3.8, 4) is 5.82 Å². The largest absolute Gasteiger partial charge is 0.349 e. The van der Waals surface area contributed by atoms with Crippen molar-refractivity contribution in [2.45, 2.75) is 58.4 Å². The van der Waals surface area contributed by atoms with E-state index in [1.54, 1.807) is 16.8 Å². The molecule has 3 rings (SSSR count). The van der Waals surface area contributed by atoms with Gasteiger partial charge in [0.05, 0.1) is 10.7 Å². The average Bonchev–Trinajstić information content (AvgIpc) is 2.84. The minimum absolute atomic E-state index is 0. The van der Waals surface area contributed by atoms with E-state index in [1.165, 1.54) is 38.5 Å². The second-order valence-corrected chi connectivity index (χ2v) is 7.64. The summed E-state index contributed by atoms with van der Waals surface area (Å²) in [5, 5.41) is 11.2. The minimum atomic E-state index is -0.258. The molecule has 0 bridgehead atoms. The second-order valence-electron chi connectivity index (χ2n) is 7.24. The molecule has 1 saturated carbocycles. The van der Waals surface area contributed by atoms with Crippen molar-refractivity contribution in [1.82, 2.24) is 25.4 Å². The van der Waals surface area contributed by atoms with E-state index in [4.69, 9.17) is 11.6 Å². The molecule has 0 unspecified atom stereocenters. The molecular formula is C20H29Cl2N5O. The Hall–Kier alpha value is -1.63. The molecule has 0 aliphatic heterocycles. The van der Waals surface area contributed by atoms with Gasteiger partial charge in [-0.25, -0.2) is 9.67 Å². The molecule has 0 saturated heterocycles. The predicted octanol–water partition coefficient (Wildman–Crippen LogP) is 4.00. The SMILES string of the molecule is Cc1cc(C)n(-c2ccc(Cl)c(C(=O)NCCNC3CCCCCC3)n2)n1.Cl. The fraction of sp³-hybridized carbons (Fsp3) is 0.550. The van der Waals surface area contributed by atoms with Crippen LogP contribution in [0.4, 0.5) is 0 Å². The molecule has 2 aromatic heterocycles. The summed E-state index contributed by atoms with van der Waals surface area (Å²) in [4.78, 5) is 17.0. The van der Waals surface area contributed by atoms with Gasteiger partial charge in [0.15, 0.2) is 5.82 Å². The number of aromatic nitrogens is 3. The molecule has 6 nitrogen and oxygen atoms in total. The van der Waals surface area contributed by atoms with Crippen LogP contribution in [0.1, 0.15) is 60.4 Å². The molecule has 2 N–H and O–H groups in total. The molecule has 154 valence electrons. The predicted molar refractivity (Wildman–Crippen MR) is 115 cm³/mol. The summed E-state index contributed by atoms with van der Waals surface area (Å²) in [5.74, 6) is 0.331. The highest BCUT2D eigenvalue weighted by Gasteiger charge is 2.16. The smallest absolute Gasteiger partial charge is 0.271 e. The number of pyridine rings is 1. The van der Waals surface area contributed by atoms with Crippen LogP contribution in [0.2, 0.25) is 5.02 Å². The molecule has 0 spiro atoms. The summed E-state index contributed by atoms with van der Waals surface area (Å²) in [7, 11) is 0. The number of aryl methyl sites for hydroxylation is 2. The molecule has 1 fully saturated rings. The Morgan fingerprint density at radius 3 is 2.54 bits per heavy atom. The highest BCUT2D eigenvalue weighted by molar-refractivity contribution is 6.33. The van der Waals surface area contributed by atoms with E-state index in [2.05, 4.69) is 20.7 Å². The maximum absolute atomic E-state index is 12.5. The first-order chi connectivity index (χ1) is 13.0. The molecule has 0 radical (unpaired) electrons. The zero-order valence-electron chi connectivity index (χ0n) is 16.5. The molecule has 28 heavy (non-hydrogen) atoms. The third-order valence-electron chi connectivity index (χ3n) is 4.97. The topological polar surface area (TPSA) is 71.8 Å². The first-order valence-corrected chi connectivity index (χ1v) is 10.1. The number of nitrogens with zero attached hydrogens (tertiary/aromatic N) is 3. The molecule has 1 aliphatic rings. The van der Waals surface area contributed by atoms with Gasteiger partial charge in [-0.1, -0.05) is 37.3 Å². The van der Waals surface area contributed by atoms with Gasteiger partial charge in [-0.05, 0) is 44.9 Å². The van der Waals surface area contributed by atoms with E-state index in [1.807, 2.05) is 19.9 Å². The van der Waals surface area contributed by atoms with Gasteiger partial charge < -0.3 is 10.6 Å². The van der Waals surface area contributed by atoms with Crippen LogP contribution in [0.3, 0.4) is 0 Å². The fourth-order valence-corrected chi connectivity index (χ4v) is 3.78. The van der Waals surface area contributed by atoms with Crippen LogP contribution < -0.4 is 10.6 Å². The highest BCUT2D eigenvalue weighted by Crippen LogP contribution is 2.18. The van der Waals surface area contributed by atoms with Crippen LogP contribution in [0, 0.1) is 13.8 Å². The maximum Gasteiger partial charge on any atom is 0.271 e. The Morgan fingerprint density at radius 2 is 1.89 bits per heavy atom. The first-order valence-electron chi connectivity index (χ1n) is 9.76. The quantitative estimate of drug-likeness (QED) is 0.541. The summed E-state index contributed by atoms with van der Waals surface area (Å²) >= 11 is 6.21. The summed E-state index contributed by atoms with van der Waals surface area (Å²) in [6, 6.07) is 6.00. The van der Waals surface area contributed by atoms with Crippen LogP contribution in [0.15, 0.2) is 18.2 Å². The lowest BCUT2D eigenvalue weighted by Gasteiger charge is -2.16. The number of rotatable bonds is 6. The van der Waals surface area contributed by atoms with E-state index in [-0.39, 0.29) is 24.0 Å². The minimum Gasteiger partial charge on any atom is -0.349 e. The van der Waals surface area contributed by atoms with Crippen LogP contribution in [0.25, 0.3) is 5.82 Å². The Morgan fingerprint density at radius 1 is 1.18 bits per heavy atom. The van der Waals surface area contributed by atoms with Crippen molar-refractivity contribution in [3.63, 3.8) is 0 Å². The van der Waals surface area contributed by atoms with Crippen molar-refractivity contribution >= 4 is 29.9 Å². The van der Waals surface area contributed by atoms with Gasteiger partial charge in [-0.2, -0.15) is 5.10 Å². The first kappa shape index (κ1) is 22.7. The summed E-state index contributed by atoms with van der Waals surface area (Å²) < 4.78 is 1.72. The number of carbonyl (C=O) groups is 1. The zero-order chi connectivity index (χ0) is 19.2. The van der Waals surface area contributed by atoms with E-state index < -0.39 is 0 Å². The van der Waals surface area contributed by atoms with Gasteiger partial charge in [0.25, 0.3) is 5.91 Å². The van der Waals surface area contributed by atoms with Crippen molar-refractivity contribution < 1.29 is 4.79 Å². The van der Waals surface area contributed by atoms with Gasteiger partial charge in [0.2, 0.25) is 0 Å². The summed E-state index contributed by atoms with van der Waals surface area (Å²) in [5.41, 5.74) is 2.09. The Bertz CT molecular complexity index is 785. The van der Waals surface area contributed by atoms with E-state index in [0.717, 1.165) is 17.9 Å². The monoisotopic (exact) mass is 425 g/mol. The third kappa shape index (κ3) is 5.93. The van der Waals surface area contributed by atoms with E-state index >= 15 is 0 Å². The number of hydrogen-bond acceptors (Lipinski definition) is 4. The molecule has 2 heterocycles. The summed E-state index contributed by atoms with van der Waals surface area (Å²) in [6.45, 7) is 5.19. The number of halogens is 2. The lowest BCUT2D eigenvalue weighted by Crippen LogP contribution is -2.37. The number of hydrogen-bond donors (Lipinski definition) is 2. The number of amides is 1. The highest BCUT2D eigenvalue weighted by atomic mass is 35.5. The normalized spacial score (nSPS) is 15.0. The molecule has 0 aromatic carbocycles.